The Morgan fingerprint density at radius 3 is 3.00 bits per heavy atom. The average molecular weight is 142 g/mol. The Morgan fingerprint density at radius 2 is 2.40 bits per heavy atom. The minimum absolute atomic E-state index is 0.815. The number of hydrogen-bond donors (Lipinski definition) is 1. The van der Waals surface area contributed by atoms with Gasteiger partial charge in [0, 0.05) is 12.6 Å². The lowest BCUT2D eigenvalue weighted by atomic mass is 10.2. The Bertz CT molecular complexity index is 93.3. The van der Waals surface area contributed by atoms with Crippen molar-refractivity contribution in [3.05, 3.63) is 0 Å². The number of rotatable bonds is 3. The van der Waals surface area contributed by atoms with Gasteiger partial charge in [-0.15, -0.1) is 0 Å². The first kappa shape index (κ1) is 8.02. The van der Waals surface area contributed by atoms with E-state index < -0.39 is 0 Å². The van der Waals surface area contributed by atoms with Gasteiger partial charge in [0.25, 0.3) is 0 Å². The van der Waals surface area contributed by atoms with Crippen molar-refractivity contribution in [3.63, 3.8) is 0 Å². The summed E-state index contributed by atoms with van der Waals surface area (Å²) in [7, 11) is 2.03. The van der Waals surface area contributed by atoms with Gasteiger partial charge in [-0.2, -0.15) is 0 Å². The number of nitrogens with zero attached hydrogens (tertiary/aromatic N) is 1. The van der Waals surface area contributed by atoms with Gasteiger partial charge in [-0.1, -0.05) is 6.92 Å². The molecule has 0 radical (unpaired) electrons. The number of nitrogens with one attached hydrogen (secondary N) is 1. The maximum absolute atomic E-state index is 3.23. The molecule has 0 aromatic heterocycles. The summed E-state index contributed by atoms with van der Waals surface area (Å²) in [5, 5.41) is 3.23. The van der Waals surface area contributed by atoms with Crippen LogP contribution in [0.2, 0.25) is 0 Å². The van der Waals surface area contributed by atoms with Crippen LogP contribution >= 0.6 is 0 Å². The van der Waals surface area contributed by atoms with Crippen LogP contribution in [0, 0.1) is 0 Å². The summed E-state index contributed by atoms with van der Waals surface area (Å²) in [5.41, 5.74) is 0. The minimum Gasteiger partial charge on any atom is -0.318 e. The lowest BCUT2D eigenvalue weighted by molar-refractivity contribution is 0.264. The zero-order chi connectivity index (χ0) is 7.40. The van der Waals surface area contributed by atoms with Gasteiger partial charge in [0.2, 0.25) is 0 Å². The van der Waals surface area contributed by atoms with Crippen molar-refractivity contribution in [2.45, 2.75) is 25.8 Å². The molecule has 0 bridgehead atoms. The normalized spacial score (nSPS) is 27.6. The van der Waals surface area contributed by atoms with Gasteiger partial charge >= 0.3 is 0 Å². The van der Waals surface area contributed by atoms with Crippen LogP contribution < -0.4 is 5.32 Å². The summed E-state index contributed by atoms with van der Waals surface area (Å²) in [6.45, 7) is 5.93. The molecule has 0 spiro atoms. The third-order valence-corrected chi connectivity index (χ3v) is 2.35. The quantitative estimate of drug-likeness (QED) is 0.623. The van der Waals surface area contributed by atoms with Crippen LogP contribution in [-0.2, 0) is 0 Å². The molecule has 1 N–H and O–H groups in total. The van der Waals surface area contributed by atoms with Crippen LogP contribution in [0.25, 0.3) is 0 Å². The van der Waals surface area contributed by atoms with Crippen LogP contribution in [0.5, 0.6) is 0 Å². The van der Waals surface area contributed by atoms with Crippen molar-refractivity contribution in [1.82, 2.24) is 10.2 Å². The minimum atomic E-state index is 0.815. The van der Waals surface area contributed by atoms with E-state index in [4.69, 9.17) is 0 Å². The third kappa shape index (κ3) is 1.70. The molecule has 0 aromatic carbocycles. The molecule has 2 heteroatoms. The average Bonchev–Trinajstić information content (AvgIpc) is 2.36. The summed E-state index contributed by atoms with van der Waals surface area (Å²) in [5.74, 6) is 0. The van der Waals surface area contributed by atoms with Crippen LogP contribution in [0.3, 0.4) is 0 Å². The zero-order valence-corrected chi connectivity index (χ0v) is 7.06. The predicted molar refractivity (Wildman–Crippen MR) is 44.2 cm³/mol. The summed E-state index contributed by atoms with van der Waals surface area (Å²) >= 11 is 0. The summed E-state index contributed by atoms with van der Waals surface area (Å²) < 4.78 is 0. The summed E-state index contributed by atoms with van der Waals surface area (Å²) in [4.78, 5) is 2.55. The van der Waals surface area contributed by atoms with Crippen molar-refractivity contribution < 1.29 is 0 Å². The maximum atomic E-state index is 3.23. The lowest BCUT2D eigenvalue weighted by Gasteiger charge is -2.21. The van der Waals surface area contributed by atoms with Crippen molar-refractivity contribution >= 4 is 0 Å². The second kappa shape index (κ2) is 3.94. The molecule has 1 rings (SSSR count). The predicted octanol–water partition coefficient (Wildman–Crippen LogP) is 0.690. The highest BCUT2D eigenvalue weighted by Crippen LogP contribution is 2.14. The molecule has 1 atom stereocenters. The highest BCUT2D eigenvalue weighted by Gasteiger charge is 2.21. The fourth-order valence-corrected chi connectivity index (χ4v) is 1.78. The lowest BCUT2D eigenvalue weighted by Crippen LogP contribution is -2.36. The SMILES string of the molecule is CCN1CCC[C@H]1CNC. The Labute approximate surface area is 63.6 Å². The molecule has 1 aliphatic rings. The molecule has 1 aliphatic heterocycles. The molecule has 1 heterocycles. The van der Waals surface area contributed by atoms with Gasteiger partial charge in [-0.3, -0.25) is 4.90 Å². The van der Waals surface area contributed by atoms with Gasteiger partial charge < -0.3 is 5.32 Å². The summed E-state index contributed by atoms with van der Waals surface area (Å²) in [6, 6.07) is 0.815. The standard InChI is InChI=1S/C8H18N2/c1-3-10-6-4-5-8(10)7-9-2/h8-9H,3-7H2,1-2H3/t8-/m0/s1. The zero-order valence-electron chi connectivity index (χ0n) is 7.06. The fourth-order valence-electron chi connectivity index (χ4n) is 1.78. The Balaban J connectivity index is 2.27. The van der Waals surface area contributed by atoms with Gasteiger partial charge in [0.15, 0.2) is 0 Å². The first-order chi connectivity index (χ1) is 4.88. The molecule has 2 nitrogen and oxygen atoms in total. The third-order valence-electron chi connectivity index (χ3n) is 2.35. The largest absolute Gasteiger partial charge is 0.318 e. The highest BCUT2D eigenvalue weighted by molar-refractivity contribution is 4.79. The van der Waals surface area contributed by atoms with Crippen LogP contribution in [0.1, 0.15) is 19.8 Å². The van der Waals surface area contributed by atoms with E-state index in [0.717, 1.165) is 12.6 Å². The first-order valence-corrected chi connectivity index (χ1v) is 4.27. The number of likely N-dealkylation sites (tertiary alicyclic amines) is 1. The molecule has 10 heavy (non-hydrogen) atoms. The molecule has 60 valence electrons. The van der Waals surface area contributed by atoms with Crippen molar-refractivity contribution in [3.8, 4) is 0 Å². The Hall–Kier alpha value is -0.0800. The van der Waals surface area contributed by atoms with E-state index in [2.05, 4.69) is 17.1 Å². The maximum Gasteiger partial charge on any atom is 0.0220 e. The molecule has 1 fully saturated rings. The molecule has 0 amide bonds. The molecule has 0 aliphatic carbocycles. The summed E-state index contributed by atoms with van der Waals surface area (Å²) in [6.07, 6.45) is 2.77. The molecular formula is C8H18N2. The van der Waals surface area contributed by atoms with Gasteiger partial charge in [-0.25, -0.2) is 0 Å². The second-order valence-corrected chi connectivity index (χ2v) is 2.98. The number of likely N-dealkylation sites (N-methyl/N-ethyl adjacent to an activating group) is 2. The van der Waals surface area contributed by atoms with Crippen molar-refractivity contribution in [1.29, 1.82) is 0 Å². The Kier molecular flexibility index (Phi) is 3.16. The molecule has 0 saturated carbocycles. The highest BCUT2D eigenvalue weighted by atomic mass is 15.2. The van der Waals surface area contributed by atoms with Crippen LogP contribution in [0.4, 0.5) is 0 Å². The smallest absolute Gasteiger partial charge is 0.0220 e. The van der Waals surface area contributed by atoms with Crippen LogP contribution in [0.15, 0.2) is 0 Å². The molecule has 0 aromatic rings. The Morgan fingerprint density at radius 1 is 1.60 bits per heavy atom. The molecule has 0 unspecified atom stereocenters. The van der Waals surface area contributed by atoms with E-state index in [9.17, 15) is 0 Å². The van der Waals surface area contributed by atoms with E-state index >= 15 is 0 Å². The van der Waals surface area contributed by atoms with Gasteiger partial charge in [0.05, 0.1) is 0 Å². The van der Waals surface area contributed by atoms with Crippen LogP contribution in [-0.4, -0.2) is 37.6 Å². The van der Waals surface area contributed by atoms with E-state index in [1.807, 2.05) is 7.05 Å². The van der Waals surface area contributed by atoms with Crippen molar-refractivity contribution in [2.24, 2.45) is 0 Å². The van der Waals surface area contributed by atoms with E-state index in [1.165, 1.54) is 25.9 Å². The van der Waals surface area contributed by atoms with Crippen molar-refractivity contribution in [2.75, 3.05) is 26.7 Å². The topological polar surface area (TPSA) is 15.3 Å². The van der Waals surface area contributed by atoms with E-state index in [0.29, 0.717) is 0 Å². The number of hydrogen-bond acceptors (Lipinski definition) is 2. The monoisotopic (exact) mass is 142 g/mol. The second-order valence-electron chi connectivity index (χ2n) is 2.98. The van der Waals surface area contributed by atoms with Gasteiger partial charge in [-0.05, 0) is 33.0 Å². The van der Waals surface area contributed by atoms with Gasteiger partial charge in [0.1, 0.15) is 0 Å². The fraction of sp³-hybridized carbons (Fsp3) is 1.00. The van der Waals surface area contributed by atoms with E-state index in [1.54, 1.807) is 0 Å². The van der Waals surface area contributed by atoms with E-state index in [-0.39, 0.29) is 0 Å². The first-order valence-electron chi connectivity index (χ1n) is 4.27. The molecule has 1 saturated heterocycles. The molecular weight excluding hydrogens is 124 g/mol.